The van der Waals surface area contributed by atoms with Gasteiger partial charge >= 0.3 is 12.1 Å². The zero-order chi connectivity index (χ0) is 25.2. The van der Waals surface area contributed by atoms with Crippen molar-refractivity contribution in [2.24, 2.45) is 11.3 Å². The molecule has 1 saturated carbocycles. The van der Waals surface area contributed by atoms with Crippen LogP contribution in [0, 0.1) is 11.3 Å². The number of fused-ring (bicyclic) bond motifs is 3. The SMILES string of the molecule is CC(C)(C)C(NC(=O)OCC1c2ccccc2-c2ccccc21)C(=O)N[C@H]1CCCC[C@H]1C(=O)O. The molecule has 2 aromatic rings. The Morgan fingerprint density at radius 3 is 2.11 bits per heavy atom. The van der Waals surface area contributed by atoms with Crippen LogP contribution in [0.1, 0.15) is 63.5 Å². The van der Waals surface area contributed by atoms with Crippen LogP contribution in [0.2, 0.25) is 0 Å². The summed E-state index contributed by atoms with van der Waals surface area (Å²) in [4.78, 5) is 37.7. The first-order valence-corrected chi connectivity index (χ1v) is 12.3. The van der Waals surface area contributed by atoms with Gasteiger partial charge in [-0.2, -0.15) is 0 Å². The molecule has 3 atom stereocenters. The van der Waals surface area contributed by atoms with Gasteiger partial charge in [0.1, 0.15) is 12.6 Å². The summed E-state index contributed by atoms with van der Waals surface area (Å²) in [5.74, 6) is -1.97. The number of nitrogens with one attached hydrogen (secondary N) is 2. The molecule has 0 bridgehead atoms. The van der Waals surface area contributed by atoms with Gasteiger partial charge in [0.25, 0.3) is 0 Å². The van der Waals surface area contributed by atoms with E-state index in [4.69, 9.17) is 4.74 Å². The molecular weight excluding hydrogens is 444 g/mol. The monoisotopic (exact) mass is 478 g/mol. The van der Waals surface area contributed by atoms with E-state index in [2.05, 4.69) is 34.9 Å². The third-order valence-corrected chi connectivity index (χ3v) is 7.14. The third kappa shape index (κ3) is 5.34. The van der Waals surface area contributed by atoms with Crippen LogP contribution in [0.4, 0.5) is 4.79 Å². The summed E-state index contributed by atoms with van der Waals surface area (Å²) >= 11 is 0. The van der Waals surface area contributed by atoms with Crippen molar-refractivity contribution in [1.82, 2.24) is 10.6 Å². The summed E-state index contributed by atoms with van der Waals surface area (Å²) in [7, 11) is 0. The summed E-state index contributed by atoms with van der Waals surface area (Å²) in [6.07, 6.45) is 2.20. The molecule has 7 nitrogen and oxygen atoms in total. The minimum absolute atomic E-state index is 0.0753. The summed E-state index contributed by atoms with van der Waals surface area (Å²) in [6, 6.07) is 14.9. The molecule has 0 aliphatic heterocycles. The van der Waals surface area contributed by atoms with E-state index < -0.39 is 35.5 Å². The van der Waals surface area contributed by atoms with E-state index in [0.29, 0.717) is 12.8 Å². The number of carbonyl (C=O) groups is 3. The highest BCUT2D eigenvalue weighted by Crippen LogP contribution is 2.44. The highest BCUT2D eigenvalue weighted by molar-refractivity contribution is 5.87. The highest BCUT2D eigenvalue weighted by atomic mass is 16.5. The summed E-state index contributed by atoms with van der Waals surface area (Å²) in [5, 5.41) is 15.2. The Morgan fingerprint density at radius 2 is 1.54 bits per heavy atom. The maximum atomic E-state index is 13.2. The number of carboxylic acids is 1. The average molecular weight is 479 g/mol. The largest absolute Gasteiger partial charge is 0.481 e. The van der Waals surface area contributed by atoms with Crippen molar-refractivity contribution in [2.75, 3.05) is 6.61 Å². The molecule has 2 aliphatic rings. The molecule has 0 spiro atoms. The Bertz CT molecular complexity index is 1060. The number of alkyl carbamates (subject to hydrolysis) is 1. The maximum Gasteiger partial charge on any atom is 0.407 e. The number of rotatable bonds is 6. The number of hydrogen-bond donors (Lipinski definition) is 3. The van der Waals surface area contributed by atoms with Crippen LogP contribution in [-0.2, 0) is 14.3 Å². The Balaban J connectivity index is 1.42. The minimum Gasteiger partial charge on any atom is -0.481 e. The molecule has 0 heterocycles. The highest BCUT2D eigenvalue weighted by Gasteiger charge is 2.38. The van der Waals surface area contributed by atoms with E-state index in [-0.39, 0.29) is 18.4 Å². The number of carboxylic acid groups (broad SMARTS) is 1. The Kier molecular flexibility index (Phi) is 7.15. The maximum absolute atomic E-state index is 13.2. The topological polar surface area (TPSA) is 105 Å². The fourth-order valence-electron chi connectivity index (χ4n) is 5.30. The standard InChI is InChI=1S/C28H34N2O5/c1-28(2,3)24(25(31)29-23-15-9-8-14-21(23)26(32)33)30-27(34)35-16-22-19-12-6-4-10-17(19)18-11-5-7-13-20(18)22/h4-7,10-13,21-24H,8-9,14-16H2,1-3H3,(H,29,31)(H,30,34)(H,32,33)/t21-,23+,24?/m1/s1. The molecule has 3 N–H and O–H groups in total. The van der Waals surface area contributed by atoms with Gasteiger partial charge in [-0.15, -0.1) is 0 Å². The van der Waals surface area contributed by atoms with Crippen molar-refractivity contribution < 1.29 is 24.2 Å². The molecule has 4 rings (SSSR count). The molecule has 0 saturated heterocycles. The first kappa shape index (κ1) is 24.8. The normalized spacial score (nSPS) is 20.3. The predicted octanol–water partition coefficient (Wildman–Crippen LogP) is 4.70. The quantitative estimate of drug-likeness (QED) is 0.558. The molecule has 35 heavy (non-hydrogen) atoms. The van der Waals surface area contributed by atoms with Crippen molar-refractivity contribution in [3.8, 4) is 11.1 Å². The Morgan fingerprint density at radius 1 is 0.971 bits per heavy atom. The van der Waals surface area contributed by atoms with Gasteiger partial charge in [-0.3, -0.25) is 9.59 Å². The number of hydrogen-bond acceptors (Lipinski definition) is 4. The molecule has 2 aromatic carbocycles. The number of benzene rings is 2. The van der Waals surface area contributed by atoms with Crippen LogP contribution in [0.3, 0.4) is 0 Å². The molecule has 7 heteroatoms. The lowest BCUT2D eigenvalue weighted by molar-refractivity contribution is -0.144. The third-order valence-electron chi connectivity index (χ3n) is 7.14. The Labute approximate surface area is 206 Å². The van der Waals surface area contributed by atoms with Crippen LogP contribution >= 0.6 is 0 Å². The molecule has 186 valence electrons. The van der Waals surface area contributed by atoms with Gasteiger partial charge in [-0.05, 0) is 40.5 Å². The van der Waals surface area contributed by atoms with Crippen molar-refractivity contribution in [3.05, 3.63) is 59.7 Å². The van der Waals surface area contributed by atoms with Crippen molar-refractivity contribution in [3.63, 3.8) is 0 Å². The molecule has 1 fully saturated rings. The lowest BCUT2D eigenvalue weighted by Gasteiger charge is -2.34. The Hall–Kier alpha value is -3.35. The molecule has 1 unspecified atom stereocenters. The van der Waals surface area contributed by atoms with E-state index in [1.165, 1.54) is 0 Å². The van der Waals surface area contributed by atoms with Crippen LogP contribution in [0.15, 0.2) is 48.5 Å². The van der Waals surface area contributed by atoms with E-state index in [1.807, 2.05) is 45.0 Å². The van der Waals surface area contributed by atoms with Gasteiger partial charge in [-0.1, -0.05) is 82.1 Å². The number of carbonyl (C=O) groups excluding carboxylic acids is 2. The van der Waals surface area contributed by atoms with Gasteiger partial charge in [0.15, 0.2) is 0 Å². The zero-order valence-corrected chi connectivity index (χ0v) is 20.5. The molecular formula is C28H34N2O5. The summed E-state index contributed by atoms with van der Waals surface area (Å²) in [5.41, 5.74) is 3.92. The van der Waals surface area contributed by atoms with Gasteiger partial charge in [0.05, 0.1) is 5.92 Å². The van der Waals surface area contributed by atoms with Crippen molar-refractivity contribution >= 4 is 18.0 Å². The van der Waals surface area contributed by atoms with E-state index in [0.717, 1.165) is 35.1 Å². The lowest BCUT2D eigenvalue weighted by Crippen LogP contribution is -2.57. The molecule has 0 aromatic heterocycles. The second kappa shape index (κ2) is 10.1. The molecule has 2 amide bonds. The number of ether oxygens (including phenoxy) is 1. The summed E-state index contributed by atoms with van der Waals surface area (Å²) < 4.78 is 5.64. The van der Waals surface area contributed by atoms with Gasteiger partial charge < -0.3 is 20.5 Å². The molecule has 2 aliphatic carbocycles. The summed E-state index contributed by atoms with van der Waals surface area (Å²) in [6.45, 7) is 5.73. The van der Waals surface area contributed by atoms with Crippen LogP contribution in [-0.4, -0.2) is 41.8 Å². The fraction of sp³-hybridized carbons (Fsp3) is 0.464. The average Bonchev–Trinajstić information content (AvgIpc) is 3.14. The second-order valence-electron chi connectivity index (χ2n) is 10.6. The second-order valence-corrected chi connectivity index (χ2v) is 10.6. The van der Waals surface area contributed by atoms with E-state index >= 15 is 0 Å². The first-order valence-electron chi connectivity index (χ1n) is 12.3. The molecule has 0 radical (unpaired) electrons. The predicted molar refractivity (Wildman–Crippen MR) is 133 cm³/mol. The first-order chi connectivity index (χ1) is 16.7. The lowest BCUT2D eigenvalue weighted by atomic mass is 9.82. The fourth-order valence-corrected chi connectivity index (χ4v) is 5.30. The van der Waals surface area contributed by atoms with Crippen LogP contribution < -0.4 is 10.6 Å². The van der Waals surface area contributed by atoms with Crippen molar-refractivity contribution in [1.29, 1.82) is 0 Å². The zero-order valence-electron chi connectivity index (χ0n) is 20.5. The van der Waals surface area contributed by atoms with Gasteiger partial charge in [0.2, 0.25) is 5.91 Å². The van der Waals surface area contributed by atoms with Gasteiger partial charge in [0, 0.05) is 12.0 Å². The van der Waals surface area contributed by atoms with E-state index in [1.54, 1.807) is 0 Å². The van der Waals surface area contributed by atoms with Crippen LogP contribution in [0.25, 0.3) is 11.1 Å². The number of aliphatic carboxylic acids is 1. The van der Waals surface area contributed by atoms with Gasteiger partial charge in [-0.25, -0.2) is 4.79 Å². The van der Waals surface area contributed by atoms with Crippen molar-refractivity contribution in [2.45, 2.75) is 64.5 Å². The minimum atomic E-state index is -0.896. The smallest absolute Gasteiger partial charge is 0.407 e. The van der Waals surface area contributed by atoms with Crippen LogP contribution in [0.5, 0.6) is 0 Å². The number of amides is 2. The van der Waals surface area contributed by atoms with E-state index in [9.17, 15) is 19.5 Å².